The second kappa shape index (κ2) is 5.22. The molecule has 0 spiro atoms. The zero-order valence-electron chi connectivity index (χ0n) is 11.0. The minimum atomic E-state index is -0.321. The Balaban J connectivity index is 2.10. The Morgan fingerprint density at radius 1 is 1.15 bits per heavy atom. The van der Waals surface area contributed by atoms with E-state index >= 15 is 0 Å². The number of hydrogen-bond acceptors (Lipinski definition) is 5. The molecule has 0 aliphatic heterocycles. The van der Waals surface area contributed by atoms with Gasteiger partial charge in [-0.1, -0.05) is 12.1 Å². The quantitative estimate of drug-likeness (QED) is 0.785. The predicted molar refractivity (Wildman–Crippen MR) is 76.4 cm³/mol. The lowest BCUT2D eigenvalue weighted by atomic mass is 9.99. The van der Waals surface area contributed by atoms with Crippen LogP contribution in [0.1, 0.15) is 17.2 Å². The molecule has 0 aliphatic rings. The molecular formula is C15H14N4O. The van der Waals surface area contributed by atoms with Crippen molar-refractivity contribution in [3.05, 3.63) is 60.2 Å². The van der Waals surface area contributed by atoms with Crippen LogP contribution in [0.3, 0.4) is 0 Å². The number of hydrogen-bond donors (Lipinski definition) is 1. The van der Waals surface area contributed by atoms with Crippen molar-refractivity contribution in [1.82, 2.24) is 15.0 Å². The molecular weight excluding hydrogens is 252 g/mol. The number of ether oxygens (including phenoxy) is 1. The van der Waals surface area contributed by atoms with Crippen LogP contribution < -0.4 is 10.5 Å². The maximum atomic E-state index is 6.34. The molecule has 0 amide bonds. The molecule has 1 aromatic carbocycles. The van der Waals surface area contributed by atoms with Gasteiger partial charge in [-0.15, -0.1) is 0 Å². The summed E-state index contributed by atoms with van der Waals surface area (Å²) in [4.78, 5) is 12.8. The molecule has 3 aromatic rings. The first-order valence-corrected chi connectivity index (χ1v) is 6.24. The standard InChI is InChI=1S/C15H14N4O/c1-20-11-7-10(8-17-9-11)14(16)12-3-2-4-13-15(12)19-6-5-18-13/h2-9,14H,16H2,1H3. The highest BCUT2D eigenvalue weighted by Gasteiger charge is 2.14. The van der Waals surface area contributed by atoms with E-state index in [1.807, 2.05) is 24.3 Å². The maximum Gasteiger partial charge on any atom is 0.137 e. The Morgan fingerprint density at radius 2 is 2.00 bits per heavy atom. The average molecular weight is 266 g/mol. The number of pyridine rings is 1. The Kier molecular flexibility index (Phi) is 3.26. The van der Waals surface area contributed by atoms with Crippen molar-refractivity contribution < 1.29 is 4.74 Å². The van der Waals surface area contributed by atoms with Gasteiger partial charge in [-0.2, -0.15) is 0 Å². The number of nitrogens with two attached hydrogens (primary N) is 1. The zero-order chi connectivity index (χ0) is 13.9. The van der Waals surface area contributed by atoms with Gasteiger partial charge in [-0.25, -0.2) is 0 Å². The monoisotopic (exact) mass is 266 g/mol. The van der Waals surface area contributed by atoms with Gasteiger partial charge in [0.2, 0.25) is 0 Å². The summed E-state index contributed by atoms with van der Waals surface area (Å²) in [6.07, 6.45) is 6.73. The van der Waals surface area contributed by atoms with Crippen molar-refractivity contribution in [2.45, 2.75) is 6.04 Å². The van der Waals surface area contributed by atoms with E-state index in [1.54, 1.807) is 31.9 Å². The fourth-order valence-corrected chi connectivity index (χ4v) is 2.16. The minimum absolute atomic E-state index is 0.321. The predicted octanol–water partition coefficient (Wildman–Crippen LogP) is 2.08. The summed E-state index contributed by atoms with van der Waals surface area (Å²) < 4.78 is 5.18. The van der Waals surface area contributed by atoms with E-state index in [2.05, 4.69) is 15.0 Å². The van der Waals surface area contributed by atoms with E-state index in [0.717, 1.165) is 22.2 Å². The summed E-state index contributed by atoms with van der Waals surface area (Å²) in [6, 6.07) is 7.37. The Bertz CT molecular complexity index is 739. The van der Waals surface area contributed by atoms with Crippen molar-refractivity contribution in [3.8, 4) is 5.75 Å². The van der Waals surface area contributed by atoms with E-state index in [-0.39, 0.29) is 6.04 Å². The molecule has 2 aromatic heterocycles. The summed E-state index contributed by atoms with van der Waals surface area (Å²) >= 11 is 0. The summed E-state index contributed by atoms with van der Waals surface area (Å²) in [5.41, 5.74) is 9.78. The second-order valence-corrected chi connectivity index (χ2v) is 4.41. The van der Waals surface area contributed by atoms with Crippen molar-refractivity contribution in [2.24, 2.45) is 5.73 Å². The fourth-order valence-electron chi connectivity index (χ4n) is 2.16. The zero-order valence-corrected chi connectivity index (χ0v) is 11.0. The van der Waals surface area contributed by atoms with Gasteiger partial charge in [-0.3, -0.25) is 15.0 Å². The van der Waals surface area contributed by atoms with Gasteiger partial charge in [0.25, 0.3) is 0 Å². The van der Waals surface area contributed by atoms with Crippen molar-refractivity contribution >= 4 is 11.0 Å². The number of aromatic nitrogens is 3. The molecule has 1 unspecified atom stereocenters. The lowest BCUT2D eigenvalue weighted by Crippen LogP contribution is -2.13. The van der Waals surface area contributed by atoms with Gasteiger partial charge >= 0.3 is 0 Å². The summed E-state index contributed by atoms with van der Waals surface area (Å²) in [6.45, 7) is 0. The van der Waals surface area contributed by atoms with Gasteiger partial charge < -0.3 is 10.5 Å². The van der Waals surface area contributed by atoms with Crippen LogP contribution in [0.4, 0.5) is 0 Å². The Morgan fingerprint density at radius 3 is 2.85 bits per heavy atom. The van der Waals surface area contributed by atoms with Crippen LogP contribution in [-0.2, 0) is 0 Å². The van der Waals surface area contributed by atoms with E-state index in [0.29, 0.717) is 5.75 Å². The topological polar surface area (TPSA) is 73.9 Å². The van der Waals surface area contributed by atoms with Crippen LogP contribution in [0.15, 0.2) is 49.1 Å². The largest absolute Gasteiger partial charge is 0.495 e. The van der Waals surface area contributed by atoms with E-state index in [1.165, 1.54) is 0 Å². The lowest BCUT2D eigenvalue weighted by molar-refractivity contribution is 0.412. The van der Waals surface area contributed by atoms with Crippen LogP contribution >= 0.6 is 0 Å². The number of para-hydroxylation sites is 1. The van der Waals surface area contributed by atoms with Crippen LogP contribution in [0.2, 0.25) is 0 Å². The molecule has 5 heteroatoms. The van der Waals surface area contributed by atoms with Crippen LogP contribution in [0.25, 0.3) is 11.0 Å². The van der Waals surface area contributed by atoms with Gasteiger partial charge in [0.15, 0.2) is 0 Å². The number of fused-ring (bicyclic) bond motifs is 1. The third-order valence-electron chi connectivity index (χ3n) is 3.19. The normalized spacial score (nSPS) is 12.3. The third-order valence-corrected chi connectivity index (χ3v) is 3.19. The summed E-state index contributed by atoms with van der Waals surface area (Å²) in [5, 5.41) is 0. The molecule has 0 fully saturated rings. The molecule has 0 radical (unpaired) electrons. The van der Waals surface area contributed by atoms with E-state index in [4.69, 9.17) is 10.5 Å². The van der Waals surface area contributed by atoms with Gasteiger partial charge in [-0.05, 0) is 17.7 Å². The minimum Gasteiger partial charge on any atom is -0.495 e. The first kappa shape index (κ1) is 12.5. The Labute approximate surface area is 116 Å². The van der Waals surface area contributed by atoms with Crippen molar-refractivity contribution in [2.75, 3.05) is 7.11 Å². The molecule has 0 saturated carbocycles. The molecule has 5 nitrogen and oxygen atoms in total. The number of rotatable bonds is 3. The fraction of sp³-hybridized carbons (Fsp3) is 0.133. The smallest absolute Gasteiger partial charge is 0.137 e. The Hall–Kier alpha value is -2.53. The van der Waals surface area contributed by atoms with E-state index in [9.17, 15) is 0 Å². The van der Waals surface area contributed by atoms with Gasteiger partial charge in [0, 0.05) is 24.2 Å². The van der Waals surface area contributed by atoms with Crippen molar-refractivity contribution in [1.29, 1.82) is 0 Å². The first-order chi connectivity index (χ1) is 9.79. The molecule has 2 heterocycles. The number of benzene rings is 1. The highest BCUT2D eigenvalue weighted by molar-refractivity contribution is 5.78. The molecule has 0 bridgehead atoms. The molecule has 0 aliphatic carbocycles. The summed E-state index contributed by atoms with van der Waals surface area (Å²) in [7, 11) is 1.61. The number of nitrogens with zero attached hydrogens (tertiary/aromatic N) is 3. The molecule has 20 heavy (non-hydrogen) atoms. The lowest BCUT2D eigenvalue weighted by Gasteiger charge is -2.14. The molecule has 2 N–H and O–H groups in total. The third kappa shape index (κ3) is 2.19. The van der Waals surface area contributed by atoms with Crippen LogP contribution in [-0.4, -0.2) is 22.1 Å². The average Bonchev–Trinajstić information content (AvgIpc) is 2.53. The second-order valence-electron chi connectivity index (χ2n) is 4.41. The maximum absolute atomic E-state index is 6.34. The van der Waals surface area contributed by atoms with Crippen LogP contribution in [0, 0.1) is 0 Å². The van der Waals surface area contributed by atoms with E-state index < -0.39 is 0 Å². The molecule has 0 saturated heterocycles. The van der Waals surface area contributed by atoms with Gasteiger partial charge in [0.05, 0.1) is 30.4 Å². The molecule has 100 valence electrons. The first-order valence-electron chi connectivity index (χ1n) is 6.24. The van der Waals surface area contributed by atoms with Gasteiger partial charge in [0.1, 0.15) is 5.75 Å². The molecule has 3 rings (SSSR count). The summed E-state index contributed by atoms with van der Waals surface area (Å²) in [5.74, 6) is 0.685. The number of methoxy groups -OCH3 is 1. The molecule has 1 atom stereocenters. The highest BCUT2D eigenvalue weighted by atomic mass is 16.5. The highest BCUT2D eigenvalue weighted by Crippen LogP contribution is 2.26. The SMILES string of the molecule is COc1cncc(C(N)c2cccc3nccnc23)c1. The van der Waals surface area contributed by atoms with Crippen molar-refractivity contribution in [3.63, 3.8) is 0 Å². The van der Waals surface area contributed by atoms with Crippen LogP contribution in [0.5, 0.6) is 5.75 Å².